The number of nitriles is 1. The quantitative estimate of drug-likeness (QED) is 0.649. The zero-order valence-electron chi connectivity index (χ0n) is 6.28. The Balaban J connectivity index is 2.99. The van der Waals surface area contributed by atoms with Crippen LogP contribution in [0.1, 0.15) is 11.1 Å². The summed E-state index contributed by atoms with van der Waals surface area (Å²) in [6, 6.07) is 8.48. The number of nitrogens with zero attached hydrogens (tertiary/aromatic N) is 1. The lowest BCUT2D eigenvalue weighted by Crippen LogP contribution is -2.00. The molecule has 0 aliphatic heterocycles. The standard InChI is InChI=1S/C9H6NO2/c10-6-8-4-2-1-3-7(8)5-9(11)12/h1-4H,5H2. The first-order valence-corrected chi connectivity index (χ1v) is 3.42. The second-order valence-corrected chi connectivity index (χ2v) is 2.32. The largest absolute Gasteiger partial charge is 0.359 e. The lowest BCUT2D eigenvalue weighted by atomic mass is 10.1. The molecule has 1 radical (unpaired) electrons. The second-order valence-electron chi connectivity index (χ2n) is 2.32. The van der Waals surface area contributed by atoms with Gasteiger partial charge in [-0.15, -0.1) is 0 Å². The van der Waals surface area contributed by atoms with Gasteiger partial charge in [-0.3, -0.25) is 0 Å². The molecular weight excluding hydrogens is 154 g/mol. The first-order valence-electron chi connectivity index (χ1n) is 3.42. The van der Waals surface area contributed by atoms with Crippen molar-refractivity contribution in [2.75, 3.05) is 0 Å². The van der Waals surface area contributed by atoms with E-state index in [0.717, 1.165) is 0 Å². The van der Waals surface area contributed by atoms with Crippen LogP contribution in [-0.2, 0) is 16.3 Å². The zero-order chi connectivity index (χ0) is 8.97. The van der Waals surface area contributed by atoms with Gasteiger partial charge < -0.3 is 0 Å². The number of carbonyl (C=O) groups excluding carboxylic acids is 1. The van der Waals surface area contributed by atoms with E-state index < -0.39 is 5.97 Å². The van der Waals surface area contributed by atoms with Gasteiger partial charge in [0.25, 0.3) is 0 Å². The van der Waals surface area contributed by atoms with Gasteiger partial charge in [0, 0.05) is 0 Å². The molecular formula is C9H6NO2. The van der Waals surface area contributed by atoms with Gasteiger partial charge in [-0.25, -0.2) is 9.90 Å². The Bertz CT molecular complexity index is 339. The monoisotopic (exact) mass is 160 g/mol. The normalized spacial score (nSPS) is 8.92. The molecule has 12 heavy (non-hydrogen) atoms. The molecule has 0 amide bonds. The second kappa shape index (κ2) is 3.54. The van der Waals surface area contributed by atoms with E-state index >= 15 is 0 Å². The molecule has 3 nitrogen and oxygen atoms in total. The molecule has 0 atom stereocenters. The van der Waals surface area contributed by atoms with E-state index in [2.05, 4.69) is 0 Å². The van der Waals surface area contributed by atoms with Crippen LogP contribution in [0.2, 0.25) is 0 Å². The van der Waals surface area contributed by atoms with E-state index in [9.17, 15) is 9.90 Å². The summed E-state index contributed by atoms with van der Waals surface area (Å²) in [5.41, 5.74) is 0.890. The average molecular weight is 160 g/mol. The third kappa shape index (κ3) is 1.83. The Kier molecular flexibility index (Phi) is 2.44. The van der Waals surface area contributed by atoms with E-state index in [1.807, 2.05) is 6.07 Å². The summed E-state index contributed by atoms with van der Waals surface area (Å²) in [6.07, 6.45) is -0.205. The molecule has 0 saturated heterocycles. The molecule has 1 aromatic carbocycles. The summed E-state index contributed by atoms with van der Waals surface area (Å²) in [5, 5.41) is 18.8. The maximum atomic E-state index is 10.2. The molecule has 0 saturated carbocycles. The van der Waals surface area contributed by atoms with Gasteiger partial charge in [0.15, 0.2) is 0 Å². The fourth-order valence-corrected chi connectivity index (χ4v) is 0.939. The molecule has 3 heteroatoms. The Morgan fingerprint density at radius 3 is 2.67 bits per heavy atom. The van der Waals surface area contributed by atoms with Crippen molar-refractivity contribution in [3.63, 3.8) is 0 Å². The van der Waals surface area contributed by atoms with Crippen molar-refractivity contribution in [1.82, 2.24) is 0 Å². The van der Waals surface area contributed by atoms with E-state index in [-0.39, 0.29) is 6.42 Å². The number of benzene rings is 1. The summed E-state index contributed by atoms with van der Waals surface area (Å²) in [7, 11) is 0. The predicted octanol–water partition coefficient (Wildman–Crippen LogP) is 1.06. The summed E-state index contributed by atoms with van der Waals surface area (Å²) in [6.45, 7) is 0. The first kappa shape index (κ1) is 8.28. The van der Waals surface area contributed by atoms with Crippen molar-refractivity contribution in [3.05, 3.63) is 35.4 Å². The van der Waals surface area contributed by atoms with Crippen LogP contribution in [0, 0.1) is 11.3 Å². The summed E-state index contributed by atoms with van der Waals surface area (Å²) < 4.78 is 0. The number of rotatable bonds is 2. The highest BCUT2D eigenvalue weighted by molar-refractivity contribution is 5.70. The molecule has 0 aliphatic carbocycles. The average Bonchev–Trinajstić information content (AvgIpc) is 2.04. The molecule has 0 heterocycles. The molecule has 1 rings (SSSR count). The molecule has 1 aromatic rings. The summed E-state index contributed by atoms with van der Waals surface area (Å²) in [4.78, 5) is 10.2. The fourth-order valence-electron chi connectivity index (χ4n) is 0.939. The highest BCUT2D eigenvalue weighted by atomic mass is 16.4. The van der Waals surface area contributed by atoms with Crippen LogP contribution in [0.5, 0.6) is 0 Å². The SMILES string of the molecule is N#Cc1ccccc1CC([O])=O. The van der Waals surface area contributed by atoms with Crippen molar-refractivity contribution < 1.29 is 9.90 Å². The molecule has 0 aromatic heterocycles. The predicted molar refractivity (Wildman–Crippen MR) is 40.6 cm³/mol. The minimum Gasteiger partial charge on any atom is -0.247 e. The van der Waals surface area contributed by atoms with Crippen LogP contribution in [0.15, 0.2) is 24.3 Å². The van der Waals surface area contributed by atoms with Gasteiger partial charge in [-0.1, -0.05) is 18.2 Å². The Hall–Kier alpha value is -1.82. The van der Waals surface area contributed by atoms with Crippen LogP contribution in [-0.4, -0.2) is 5.97 Å². The van der Waals surface area contributed by atoms with Crippen LogP contribution in [0.4, 0.5) is 0 Å². The van der Waals surface area contributed by atoms with E-state index in [1.165, 1.54) is 0 Å². The molecule has 0 unspecified atom stereocenters. The lowest BCUT2D eigenvalue weighted by Gasteiger charge is -1.96. The highest BCUT2D eigenvalue weighted by Gasteiger charge is 2.05. The minimum atomic E-state index is -1.17. The van der Waals surface area contributed by atoms with Crippen LogP contribution < -0.4 is 0 Å². The molecule has 0 spiro atoms. The maximum absolute atomic E-state index is 10.2. The maximum Gasteiger partial charge on any atom is 0.359 e. The molecule has 0 fully saturated rings. The Labute approximate surface area is 69.9 Å². The topological polar surface area (TPSA) is 60.8 Å². The van der Waals surface area contributed by atoms with Crippen molar-refractivity contribution >= 4 is 5.97 Å². The van der Waals surface area contributed by atoms with Crippen molar-refractivity contribution in [2.24, 2.45) is 0 Å². The number of carbonyl (C=O) groups is 1. The Morgan fingerprint density at radius 2 is 2.08 bits per heavy atom. The smallest absolute Gasteiger partial charge is 0.247 e. The van der Waals surface area contributed by atoms with E-state index in [4.69, 9.17) is 5.26 Å². The van der Waals surface area contributed by atoms with E-state index in [0.29, 0.717) is 11.1 Å². The van der Waals surface area contributed by atoms with Gasteiger partial charge in [0.05, 0.1) is 18.1 Å². The van der Waals surface area contributed by atoms with Crippen molar-refractivity contribution in [3.8, 4) is 6.07 Å². The molecule has 0 bridgehead atoms. The highest BCUT2D eigenvalue weighted by Crippen LogP contribution is 2.07. The van der Waals surface area contributed by atoms with Crippen LogP contribution >= 0.6 is 0 Å². The third-order valence-corrected chi connectivity index (χ3v) is 1.47. The zero-order valence-corrected chi connectivity index (χ0v) is 6.28. The third-order valence-electron chi connectivity index (χ3n) is 1.47. The van der Waals surface area contributed by atoms with Gasteiger partial charge in [-0.2, -0.15) is 5.26 Å². The van der Waals surface area contributed by atoms with Crippen LogP contribution in [0.3, 0.4) is 0 Å². The summed E-state index contributed by atoms with van der Waals surface area (Å²) >= 11 is 0. The van der Waals surface area contributed by atoms with Gasteiger partial charge in [0.1, 0.15) is 0 Å². The molecule has 0 N–H and O–H groups in total. The van der Waals surface area contributed by atoms with Gasteiger partial charge in [-0.05, 0) is 11.6 Å². The van der Waals surface area contributed by atoms with E-state index in [1.54, 1.807) is 24.3 Å². The number of hydrogen-bond acceptors (Lipinski definition) is 2. The molecule has 0 aliphatic rings. The van der Waals surface area contributed by atoms with Crippen LogP contribution in [0.25, 0.3) is 0 Å². The fraction of sp³-hybridized carbons (Fsp3) is 0.111. The summed E-state index contributed by atoms with van der Waals surface area (Å²) in [5.74, 6) is -1.17. The van der Waals surface area contributed by atoms with Crippen molar-refractivity contribution in [1.29, 1.82) is 5.26 Å². The van der Waals surface area contributed by atoms with Gasteiger partial charge in [0.2, 0.25) is 0 Å². The van der Waals surface area contributed by atoms with Crippen molar-refractivity contribution in [2.45, 2.75) is 6.42 Å². The minimum absolute atomic E-state index is 0.205. The first-order chi connectivity index (χ1) is 5.74. The lowest BCUT2D eigenvalue weighted by molar-refractivity contribution is -0.142. The Morgan fingerprint density at radius 1 is 1.42 bits per heavy atom. The van der Waals surface area contributed by atoms with Gasteiger partial charge >= 0.3 is 5.97 Å². The molecule has 59 valence electrons. The number of hydrogen-bond donors (Lipinski definition) is 0.